The van der Waals surface area contributed by atoms with E-state index in [1.54, 1.807) is 0 Å². The van der Waals surface area contributed by atoms with E-state index in [2.05, 4.69) is 23.5 Å². The molecule has 1 N–H and O–H groups in total. The fourth-order valence-electron chi connectivity index (χ4n) is 2.94. The van der Waals surface area contributed by atoms with E-state index in [1.807, 2.05) is 0 Å². The molecule has 17 heavy (non-hydrogen) atoms. The highest BCUT2D eigenvalue weighted by atomic mass is 16.5. The molecule has 1 fully saturated rings. The third kappa shape index (κ3) is 2.56. The van der Waals surface area contributed by atoms with Crippen LogP contribution in [0.1, 0.15) is 37.7 Å². The zero-order valence-corrected chi connectivity index (χ0v) is 10.4. The average Bonchev–Trinajstić information content (AvgIpc) is 2.85. The summed E-state index contributed by atoms with van der Waals surface area (Å²) in [5.41, 5.74) is 2.70. The Morgan fingerprint density at radius 2 is 2.06 bits per heavy atom. The van der Waals surface area contributed by atoms with Crippen LogP contribution in [-0.2, 0) is 6.42 Å². The molecule has 0 spiro atoms. The Balaban J connectivity index is 1.57. The summed E-state index contributed by atoms with van der Waals surface area (Å²) in [5, 5.41) is 3.38. The maximum atomic E-state index is 5.94. The molecule has 2 aliphatic rings. The lowest BCUT2D eigenvalue weighted by atomic mass is 9.90. The van der Waals surface area contributed by atoms with Gasteiger partial charge in [0.25, 0.3) is 0 Å². The van der Waals surface area contributed by atoms with Gasteiger partial charge in [0.1, 0.15) is 5.75 Å². The van der Waals surface area contributed by atoms with Gasteiger partial charge in [0.05, 0.1) is 6.61 Å². The summed E-state index contributed by atoms with van der Waals surface area (Å²) < 4.78 is 5.94. The van der Waals surface area contributed by atoms with Crippen LogP contribution in [-0.4, -0.2) is 13.2 Å². The standard InChI is InChI=1S/C15H21NO/c1-2-4-12(5-3-1)11-17-14-6-7-15-13(10-14)8-9-16-15/h6-7,10,12,16H,1-5,8-9,11H2. The number of benzene rings is 1. The van der Waals surface area contributed by atoms with Gasteiger partial charge in [0.2, 0.25) is 0 Å². The molecule has 0 unspecified atom stereocenters. The van der Waals surface area contributed by atoms with Gasteiger partial charge in [-0.25, -0.2) is 0 Å². The van der Waals surface area contributed by atoms with Gasteiger partial charge < -0.3 is 10.1 Å². The molecule has 0 aromatic heterocycles. The summed E-state index contributed by atoms with van der Waals surface area (Å²) in [4.78, 5) is 0. The van der Waals surface area contributed by atoms with Gasteiger partial charge in [-0.2, -0.15) is 0 Å². The van der Waals surface area contributed by atoms with Crippen LogP contribution in [0.2, 0.25) is 0 Å². The first-order valence-corrected chi connectivity index (χ1v) is 6.91. The summed E-state index contributed by atoms with van der Waals surface area (Å²) >= 11 is 0. The molecule has 0 amide bonds. The molecule has 1 aromatic carbocycles. The topological polar surface area (TPSA) is 21.3 Å². The molecule has 0 bridgehead atoms. The van der Waals surface area contributed by atoms with Crippen molar-refractivity contribution in [3.05, 3.63) is 23.8 Å². The number of nitrogens with one attached hydrogen (secondary N) is 1. The third-order valence-electron chi connectivity index (χ3n) is 4.00. The maximum absolute atomic E-state index is 5.94. The highest BCUT2D eigenvalue weighted by molar-refractivity contribution is 5.57. The van der Waals surface area contributed by atoms with Crippen molar-refractivity contribution in [3.8, 4) is 5.75 Å². The van der Waals surface area contributed by atoms with E-state index in [0.717, 1.165) is 31.2 Å². The van der Waals surface area contributed by atoms with Crippen LogP contribution in [0.3, 0.4) is 0 Å². The second-order valence-corrected chi connectivity index (χ2v) is 5.31. The molecule has 1 aromatic rings. The quantitative estimate of drug-likeness (QED) is 0.858. The number of fused-ring (bicyclic) bond motifs is 1. The zero-order valence-electron chi connectivity index (χ0n) is 10.4. The van der Waals surface area contributed by atoms with Gasteiger partial charge in [0.15, 0.2) is 0 Å². The van der Waals surface area contributed by atoms with Crippen molar-refractivity contribution in [2.45, 2.75) is 38.5 Å². The van der Waals surface area contributed by atoms with Crippen molar-refractivity contribution in [1.82, 2.24) is 0 Å². The first-order chi connectivity index (χ1) is 8.42. The molecule has 1 aliphatic heterocycles. The van der Waals surface area contributed by atoms with Crippen LogP contribution >= 0.6 is 0 Å². The van der Waals surface area contributed by atoms with Crippen molar-refractivity contribution in [3.63, 3.8) is 0 Å². The van der Waals surface area contributed by atoms with E-state index in [-0.39, 0.29) is 0 Å². The molecule has 0 atom stereocenters. The van der Waals surface area contributed by atoms with E-state index in [9.17, 15) is 0 Å². The molecule has 1 saturated carbocycles. The first kappa shape index (κ1) is 10.9. The second-order valence-electron chi connectivity index (χ2n) is 5.31. The van der Waals surface area contributed by atoms with Crippen LogP contribution in [0, 0.1) is 5.92 Å². The van der Waals surface area contributed by atoms with E-state index >= 15 is 0 Å². The number of ether oxygens (including phenoxy) is 1. The Bertz CT molecular complexity index is 383. The fourth-order valence-corrected chi connectivity index (χ4v) is 2.94. The Morgan fingerprint density at radius 3 is 2.94 bits per heavy atom. The number of hydrogen-bond donors (Lipinski definition) is 1. The van der Waals surface area contributed by atoms with Crippen LogP contribution in [0.5, 0.6) is 5.75 Å². The predicted molar refractivity (Wildman–Crippen MR) is 70.7 cm³/mol. The molecule has 1 heterocycles. The molecular weight excluding hydrogens is 210 g/mol. The number of rotatable bonds is 3. The normalized spacial score (nSPS) is 19.8. The van der Waals surface area contributed by atoms with Gasteiger partial charge in [-0.1, -0.05) is 19.3 Å². The zero-order chi connectivity index (χ0) is 11.5. The van der Waals surface area contributed by atoms with Gasteiger partial charge in [-0.3, -0.25) is 0 Å². The molecular formula is C15H21NO. The third-order valence-corrected chi connectivity index (χ3v) is 4.00. The van der Waals surface area contributed by atoms with E-state index in [0.29, 0.717) is 0 Å². The number of anilines is 1. The van der Waals surface area contributed by atoms with Gasteiger partial charge in [0, 0.05) is 12.2 Å². The smallest absolute Gasteiger partial charge is 0.119 e. The highest BCUT2D eigenvalue weighted by Crippen LogP contribution is 2.28. The minimum atomic E-state index is 0.787. The first-order valence-electron chi connectivity index (χ1n) is 6.91. The minimum absolute atomic E-state index is 0.787. The largest absolute Gasteiger partial charge is 0.493 e. The summed E-state index contributed by atoms with van der Waals surface area (Å²) in [6.07, 6.45) is 8.04. The van der Waals surface area contributed by atoms with Crippen molar-refractivity contribution in [2.24, 2.45) is 5.92 Å². The lowest BCUT2D eigenvalue weighted by Crippen LogP contribution is -2.15. The molecule has 3 rings (SSSR count). The van der Waals surface area contributed by atoms with Gasteiger partial charge in [-0.05, 0) is 48.9 Å². The fraction of sp³-hybridized carbons (Fsp3) is 0.600. The molecule has 2 nitrogen and oxygen atoms in total. The van der Waals surface area contributed by atoms with Crippen molar-refractivity contribution in [1.29, 1.82) is 0 Å². The lowest BCUT2D eigenvalue weighted by Gasteiger charge is -2.21. The molecule has 1 aliphatic carbocycles. The summed E-state index contributed by atoms with van der Waals surface area (Å²) in [5.74, 6) is 1.84. The van der Waals surface area contributed by atoms with Crippen LogP contribution in [0.4, 0.5) is 5.69 Å². The molecule has 92 valence electrons. The molecule has 2 heteroatoms. The van der Waals surface area contributed by atoms with Gasteiger partial charge in [-0.15, -0.1) is 0 Å². The van der Waals surface area contributed by atoms with E-state index < -0.39 is 0 Å². The maximum Gasteiger partial charge on any atom is 0.119 e. The summed E-state index contributed by atoms with van der Waals surface area (Å²) in [6.45, 7) is 1.98. The second kappa shape index (κ2) is 4.99. The Hall–Kier alpha value is -1.18. The summed E-state index contributed by atoms with van der Waals surface area (Å²) in [7, 11) is 0. The molecule has 0 saturated heterocycles. The Kier molecular flexibility index (Phi) is 3.21. The predicted octanol–water partition coefficient (Wildman–Crippen LogP) is 3.61. The SMILES string of the molecule is c1cc2c(cc1OCC1CCCCC1)CCN2. The average molecular weight is 231 g/mol. The minimum Gasteiger partial charge on any atom is -0.493 e. The Morgan fingerprint density at radius 1 is 1.18 bits per heavy atom. The van der Waals surface area contributed by atoms with Crippen molar-refractivity contribution < 1.29 is 4.74 Å². The van der Waals surface area contributed by atoms with Crippen molar-refractivity contribution in [2.75, 3.05) is 18.5 Å². The monoisotopic (exact) mass is 231 g/mol. The van der Waals surface area contributed by atoms with Crippen LogP contribution < -0.4 is 10.1 Å². The van der Waals surface area contributed by atoms with E-state index in [1.165, 1.54) is 43.4 Å². The molecule has 0 radical (unpaired) electrons. The highest BCUT2D eigenvalue weighted by Gasteiger charge is 2.15. The summed E-state index contributed by atoms with van der Waals surface area (Å²) in [6, 6.07) is 6.46. The van der Waals surface area contributed by atoms with Crippen LogP contribution in [0.25, 0.3) is 0 Å². The number of hydrogen-bond acceptors (Lipinski definition) is 2. The van der Waals surface area contributed by atoms with Crippen LogP contribution in [0.15, 0.2) is 18.2 Å². The van der Waals surface area contributed by atoms with Crippen molar-refractivity contribution >= 4 is 5.69 Å². The Labute approximate surface area is 103 Å². The lowest BCUT2D eigenvalue weighted by molar-refractivity contribution is 0.209. The van der Waals surface area contributed by atoms with E-state index in [4.69, 9.17) is 4.74 Å². The van der Waals surface area contributed by atoms with Gasteiger partial charge >= 0.3 is 0 Å².